The van der Waals surface area contributed by atoms with Crippen LogP contribution in [0.2, 0.25) is 0 Å². The van der Waals surface area contributed by atoms with E-state index in [2.05, 4.69) is 15.6 Å². The van der Waals surface area contributed by atoms with Crippen LogP contribution in [-0.4, -0.2) is 57.4 Å². The Bertz CT molecular complexity index is 1010. The molecule has 1 saturated heterocycles. The molecule has 9 nitrogen and oxygen atoms in total. The number of β-amino-alcohol motifs (C(OH)–C–C–N with tert-alkyl or cyclic N) is 1. The molecule has 0 bridgehead atoms. The van der Waals surface area contributed by atoms with Crippen LogP contribution in [0.1, 0.15) is 45.4 Å². The quantitative estimate of drug-likeness (QED) is 0.609. The third-order valence-corrected chi connectivity index (χ3v) is 5.75. The van der Waals surface area contributed by atoms with Crippen molar-refractivity contribution in [2.45, 2.75) is 65.8 Å². The number of aliphatic hydroxyl groups is 1. The van der Waals surface area contributed by atoms with E-state index in [9.17, 15) is 19.5 Å². The summed E-state index contributed by atoms with van der Waals surface area (Å²) in [5.74, 6) is -0.341. The minimum Gasteiger partial charge on any atom is -0.443 e. The number of aliphatic hydroxyl groups excluding tert-OH is 1. The normalized spacial score (nSPS) is 19.3. The maximum atomic E-state index is 13.2. The zero-order chi connectivity index (χ0) is 24.3. The van der Waals surface area contributed by atoms with Crippen LogP contribution in [0.3, 0.4) is 0 Å². The molecular weight excluding hydrogens is 424 g/mol. The van der Waals surface area contributed by atoms with Gasteiger partial charge in [-0.1, -0.05) is 45.0 Å². The van der Waals surface area contributed by atoms with Crippen LogP contribution in [0.15, 0.2) is 35.1 Å². The van der Waals surface area contributed by atoms with E-state index >= 15 is 0 Å². The summed E-state index contributed by atoms with van der Waals surface area (Å²) in [6, 6.07) is 5.95. The Labute approximate surface area is 193 Å². The highest BCUT2D eigenvalue weighted by atomic mass is 16.3. The van der Waals surface area contributed by atoms with E-state index in [1.54, 1.807) is 0 Å². The number of carbonyl (C=O) groups is 3. The number of rotatable bonds is 6. The highest BCUT2D eigenvalue weighted by Gasteiger charge is 2.44. The largest absolute Gasteiger partial charge is 0.443 e. The van der Waals surface area contributed by atoms with Crippen molar-refractivity contribution in [3.63, 3.8) is 0 Å². The highest BCUT2D eigenvalue weighted by Crippen LogP contribution is 2.26. The number of aryl methyl sites for hydroxylation is 1. The third kappa shape index (κ3) is 5.78. The average molecular weight is 457 g/mol. The van der Waals surface area contributed by atoms with Crippen molar-refractivity contribution in [1.29, 1.82) is 0 Å². The lowest BCUT2D eigenvalue weighted by Gasteiger charge is -2.35. The molecule has 9 heteroatoms. The van der Waals surface area contributed by atoms with Crippen molar-refractivity contribution in [3.8, 4) is 11.3 Å². The zero-order valence-electron chi connectivity index (χ0n) is 19.7. The average Bonchev–Trinajstić information content (AvgIpc) is 3.35. The van der Waals surface area contributed by atoms with Crippen molar-refractivity contribution < 1.29 is 23.9 Å². The molecule has 2 aromatic rings. The Morgan fingerprint density at radius 3 is 2.45 bits per heavy atom. The fourth-order valence-electron chi connectivity index (χ4n) is 3.98. The summed E-state index contributed by atoms with van der Waals surface area (Å²) in [5.41, 5.74) is 2.02. The number of hydrogen-bond acceptors (Lipinski definition) is 6. The number of amides is 3. The smallest absolute Gasteiger partial charge is 0.246 e. The van der Waals surface area contributed by atoms with E-state index in [1.807, 2.05) is 52.0 Å². The van der Waals surface area contributed by atoms with Gasteiger partial charge in [0.1, 0.15) is 12.1 Å². The lowest BCUT2D eigenvalue weighted by molar-refractivity contribution is -0.143. The summed E-state index contributed by atoms with van der Waals surface area (Å²) in [5, 5.41) is 15.7. The van der Waals surface area contributed by atoms with Crippen molar-refractivity contribution in [2.24, 2.45) is 5.41 Å². The minimum atomic E-state index is -0.803. The predicted molar refractivity (Wildman–Crippen MR) is 122 cm³/mol. The Morgan fingerprint density at radius 1 is 1.24 bits per heavy atom. The van der Waals surface area contributed by atoms with Crippen LogP contribution in [-0.2, 0) is 20.9 Å². The van der Waals surface area contributed by atoms with E-state index in [0.717, 1.165) is 16.8 Å². The van der Waals surface area contributed by atoms with Gasteiger partial charge in [0.15, 0.2) is 12.2 Å². The van der Waals surface area contributed by atoms with Crippen molar-refractivity contribution in [3.05, 3.63) is 41.9 Å². The van der Waals surface area contributed by atoms with Crippen molar-refractivity contribution >= 4 is 17.7 Å². The van der Waals surface area contributed by atoms with E-state index in [4.69, 9.17) is 4.42 Å². The Hall–Kier alpha value is -3.20. The van der Waals surface area contributed by atoms with E-state index < -0.39 is 23.6 Å². The first-order valence-corrected chi connectivity index (χ1v) is 11.0. The molecule has 3 atom stereocenters. The molecule has 3 amide bonds. The van der Waals surface area contributed by atoms with Crippen LogP contribution in [0.5, 0.6) is 0 Å². The second kappa shape index (κ2) is 9.74. The summed E-state index contributed by atoms with van der Waals surface area (Å²) in [7, 11) is 0. The summed E-state index contributed by atoms with van der Waals surface area (Å²) in [6.07, 6.45) is 0.753. The molecular formula is C24H32N4O5. The van der Waals surface area contributed by atoms with Crippen LogP contribution in [0.25, 0.3) is 11.3 Å². The first-order chi connectivity index (χ1) is 15.5. The van der Waals surface area contributed by atoms with Gasteiger partial charge in [0, 0.05) is 32.0 Å². The molecule has 178 valence electrons. The minimum absolute atomic E-state index is 0.0499. The van der Waals surface area contributed by atoms with Gasteiger partial charge in [-0.05, 0) is 17.9 Å². The van der Waals surface area contributed by atoms with E-state index in [1.165, 1.54) is 18.2 Å². The maximum Gasteiger partial charge on any atom is 0.246 e. The van der Waals surface area contributed by atoms with E-state index in [0.29, 0.717) is 5.76 Å². The summed E-state index contributed by atoms with van der Waals surface area (Å²) >= 11 is 0. The Morgan fingerprint density at radius 2 is 1.91 bits per heavy atom. The molecule has 3 N–H and O–H groups in total. The number of hydrogen-bond donors (Lipinski definition) is 3. The van der Waals surface area contributed by atoms with E-state index in [-0.39, 0.29) is 37.2 Å². The molecule has 0 radical (unpaired) electrons. The first-order valence-electron chi connectivity index (χ1n) is 11.0. The summed E-state index contributed by atoms with van der Waals surface area (Å²) < 4.78 is 5.40. The fourth-order valence-corrected chi connectivity index (χ4v) is 3.98. The Kier molecular flexibility index (Phi) is 7.22. The molecule has 0 spiro atoms. The van der Waals surface area contributed by atoms with Gasteiger partial charge >= 0.3 is 0 Å². The summed E-state index contributed by atoms with van der Waals surface area (Å²) in [4.78, 5) is 43.3. The van der Waals surface area contributed by atoms with Gasteiger partial charge in [0.25, 0.3) is 0 Å². The van der Waals surface area contributed by atoms with Gasteiger partial charge in [-0.15, -0.1) is 0 Å². The molecule has 1 fully saturated rings. The third-order valence-electron chi connectivity index (χ3n) is 5.75. The maximum absolute atomic E-state index is 13.2. The molecule has 1 aliphatic rings. The SMILES string of the molecule is CC(=O)N[C@H](C(=O)N1C[C@H](O)C[C@H]1C(=O)NCc1ccc(-c2ocnc2C)cc1)C(C)(C)C. The molecule has 2 heterocycles. The van der Waals surface area contributed by atoms with Crippen LogP contribution in [0, 0.1) is 12.3 Å². The number of carbonyl (C=O) groups excluding carboxylic acids is 3. The zero-order valence-corrected chi connectivity index (χ0v) is 19.7. The predicted octanol–water partition coefficient (Wildman–Crippen LogP) is 1.78. The van der Waals surface area contributed by atoms with Crippen LogP contribution in [0.4, 0.5) is 0 Å². The lowest BCUT2D eigenvalue weighted by Crippen LogP contribution is -2.57. The lowest BCUT2D eigenvalue weighted by atomic mass is 9.85. The van der Waals surface area contributed by atoms with Gasteiger partial charge in [-0.3, -0.25) is 14.4 Å². The molecule has 0 aliphatic carbocycles. The summed E-state index contributed by atoms with van der Waals surface area (Å²) in [6.45, 7) is 9.08. The number of likely N-dealkylation sites (tertiary alicyclic amines) is 1. The monoisotopic (exact) mass is 456 g/mol. The van der Waals surface area contributed by atoms with Gasteiger partial charge < -0.3 is 25.1 Å². The molecule has 0 unspecified atom stereocenters. The molecule has 0 saturated carbocycles. The second-order valence-electron chi connectivity index (χ2n) is 9.58. The van der Waals surface area contributed by atoms with Gasteiger partial charge in [-0.25, -0.2) is 4.98 Å². The van der Waals surface area contributed by atoms with Crippen molar-refractivity contribution in [2.75, 3.05) is 6.54 Å². The number of aromatic nitrogens is 1. The molecule has 1 aliphatic heterocycles. The molecule has 1 aromatic heterocycles. The van der Waals surface area contributed by atoms with Crippen LogP contribution < -0.4 is 10.6 Å². The molecule has 1 aromatic carbocycles. The van der Waals surface area contributed by atoms with Gasteiger partial charge in [-0.2, -0.15) is 0 Å². The molecule has 33 heavy (non-hydrogen) atoms. The molecule has 3 rings (SSSR count). The number of nitrogens with zero attached hydrogens (tertiary/aromatic N) is 2. The number of benzene rings is 1. The van der Waals surface area contributed by atoms with Crippen LogP contribution >= 0.6 is 0 Å². The van der Waals surface area contributed by atoms with Gasteiger partial charge in [0.2, 0.25) is 17.7 Å². The Balaban J connectivity index is 1.67. The number of nitrogens with one attached hydrogen (secondary N) is 2. The topological polar surface area (TPSA) is 125 Å². The highest BCUT2D eigenvalue weighted by molar-refractivity contribution is 5.92. The standard InChI is InChI=1S/C24H32N4O5/c1-14-20(33-13-26-14)17-8-6-16(7-9-17)11-25-22(31)19-10-18(30)12-28(19)23(32)21(24(3,4)5)27-15(2)29/h6-9,13,18-19,21,30H,10-12H2,1-5H3,(H,25,31)(H,27,29)/t18-,19+,21-/m1/s1. The fraction of sp³-hybridized carbons (Fsp3) is 0.500. The number of oxazole rings is 1. The van der Waals surface area contributed by atoms with Gasteiger partial charge in [0.05, 0.1) is 11.8 Å². The van der Waals surface area contributed by atoms with Crippen molar-refractivity contribution in [1.82, 2.24) is 20.5 Å². The first kappa shape index (κ1) is 24.4. The second-order valence-corrected chi connectivity index (χ2v) is 9.58.